The molecule has 0 fully saturated rings. The van der Waals surface area contributed by atoms with Crippen LogP contribution in [0.15, 0.2) is 30.3 Å². The van der Waals surface area contributed by atoms with Gasteiger partial charge in [-0.3, -0.25) is 0 Å². The number of aromatic nitrogens is 3. The van der Waals surface area contributed by atoms with Gasteiger partial charge in [-0.2, -0.15) is 5.10 Å². The highest BCUT2D eigenvalue weighted by Crippen LogP contribution is 2.28. The number of hydrogen-bond acceptors (Lipinski definition) is 3. The minimum absolute atomic E-state index is 0.0612. The zero-order valence-corrected chi connectivity index (χ0v) is 12.2. The Balaban J connectivity index is 2.38. The maximum atomic E-state index is 11.5. The van der Waals surface area contributed by atoms with Crippen molar-refractivity contribution in [3.8, 4) is 11.3 Å². The fraction of sp³-hybridized carbons (Fsp3) is 0.133. The van der Waals surface area contributed by atoms with Gasteiger partial charge in [-0.1, -0.05) is 29.8 Å². The van der Waals surface area contributed by atoms with E-state index < -0.39 is 5.97 Å². The van der Waals surface area contributed by atoms with Crippen LogP contribution in [0, 0.1) is 13.8 Å². The van der Waals surface area contributed by atoms with Crippen LogP contribution in [0.2, 0.25) is 5.02 Å². The smallest absolute Gasteiger partial charge is 0.354 e. The van der Waals surface area contributed by atoms with Gasteiger partial charge in [-0.15, -0.1) is 0 Å². The monoisotopic (exact) mass is 301 g/mol. The van der Waals surface area contributed by atoms with Crippen LogP contribution in [-0.4, -0.2) is 25.7 Å². The molecule has 2 heterocycles. The normalized spacial score (nSPS) is 11.0. The van der Waals surface area contributed by atoms with Crippen LogP contribution in [0.3, 0.4) is 0 Å². The molecule has 0 aliphatic rings. The number of carboxylic acid groups (broad SMARTS) is 1. The van der Waals surface area contributed by atoms with E-state index in [1.807, 2.05) is 32.0 Å². The first-order valence-corrected chi connectivity index (χ1v) is 6.72. The SMILES string of the molecule is Cc1nn2c(C(=O)O)cc(-c3ccccc3Cl)nc2c1C. The van der Waals surface area contributed by atoms with Crippen LogP contribution in [-0.2, 0) is 0 Å². The first-order valence-electron chi connectivity index (χ1n) is 6.34. The molecule has 0 radical (unpaired) electrons. The molecule has 106 valence electrons. The van der Waals surface area contributed by atoms with Crippen molar-refractivity contribution in [2.45, 2.75) is 13.8 Å². The molecule has 1 aromatic carbocycles. The quantitative estimate of drug-likeness (QED) is 0.788. The molecule has 3 aromatic rings. The average molecular weight is 302 g/mol. The Morgan fingerprint density at radius 2 is 2.00 bits per heavy atom. The molecule has 3 rings (SSSR count). The number of carboxylic acids is 1. The second-order valence-electron chi connectivity index (χ2n) is 4.76. The summed E-state index contributed by atoms with van der Waals surface area (Å²) in [7, 11) is 0. The first kappa shape index (κ1) is 13.6. The summed E-state index contributed by atoms with van der Waals surface area (Å²) in [5.41, 5.74) is 3.41. The third-order valence-corrected chi connectivity index (χ3v) is 3.76. The van der Waals surface area contributed by atoms with Crippen LogP contribution >= 0.6 is 11.6 Å². The molecular weight excluding hydrogens is 290 g/mol. The Morgan fingerprint density at radius 1 is 1.29 bits per heavy atom. The summed E-state index contributed by atoms with van der Waals surface area (Å²) in [6.45, 7) is 3.69. The van der Waals surface area contributed by atoms with Crippen molar-refractivity contribution in [2.75, 3.05) is 0 Å². The molecule has 0 aliphatic heterocycles. The van der Waals surface area contributed by atoms with Crippen molar-refractivity contribution >= 4 is 23.2 Å². The van der Waals surface area contributed by atoms with E-state index in [4.69, 9.17) is 11.6 Å². The molecule has 0 bridgehead atoms. The third-order valence-electron chi connectivity index (χ3n) is 3.43. The van der Waals surface area contributed by atoms with E-state index in [1.165, 1.54) is 10.6 Å². The summed E-state index contributed by atoms with van der Waals surface area (Å²) in [4.78, 5) is 16.0. The Labute approximate surface area is 125 Å². The predicted octanol–water partition coefficient (Wildman–Crippen LogP) is 3.36. The lowest BCUT2D eigenvalue weighted by atomic mass is 10.1. The fourth-order valence-corrected chi connectivity index (χ4v) is 2.42. The van der Waals surface area contributed by atoms with Crippen molar-refractivity contribution in [2.24, 2.45) is 0 Å². The number of aryl methyl sites for hydroxylation is 2. The fourth-order valence-electron chi connectivity index (χ4n) is 2.19. The number of halogens is 1. The maximum absolute atomic E-state index is 11.5. The molecule has 0 unspecified atom stereocenters. The van der Waals surface area contributed by atoms with Crippen LogP contribution in [0.4, 0.5) is 0 Å². The van der Waals surface area contributed by atoms with Crippen molar-refractivity contribution in [1.82, 2.24) is 14.6 Å². The van der Waals surface area contributed by atoms with Gasteiger partial charge in [-0.05, 0) is 26.0 Å². The van der Waals surface area contributed by atoms with E-state index in [0.29, 0.717) is 21.9 Å². The summed E-state index contributed by atoms with van der Waals surface area (Å²) in [6.07, 6.45) is 0. The highest BCUT2D eigenvalue weighted by atomic mass is 35.5. The molecule has 0 spiro atoms. The maximum Gasteiger partial charge on any atom is 0.354 e. The highest BCUT2D eigenvalue weighted by Gasteiger charge is 2.18. The van der Waals surface area contributed by atoms with Gasteiger partial charge in [0.2, 0.25) is 0 Å². The molecule has 2 aromatic heterocycles. The third kappa shape index (κ3) is 2.15. The summed E-state index contributed by atoms with van der Waals surface area (Å²) >= 11 is 6.18. The lowest BCUT2D eigenvalue weighted by Gasteiger charge is -2.07. The number of aromatic carboxylic acids is 1. The standard InChI is InChI=1S/C15H12ClN3O2/c1-8-9(2)18-19-13(15(20)21)7-12(17-14(8)19)10-5-3-4-6-11(10)16/h3-7H,1-2H3,(H,20,21). The molecule has 21 heavy (non-hydrogen) atoms. The van der Waals surface area contributed by atoms with Gasteiger partial charge < -0.3 is 5.11 Å². The Morgan fingerprint density at radius 3 is 2.67 bits per heavy atom. The van der Waals surface area contributed by atoms with Gasteiger partial charge in [0, 0.05) is 16.1 Å². The van der Waals surface area contributed by atoms with Crippen LogP contribution in [0.1, 0.15) is 21.7 Å². The number of rotatable bonds is 2. The lowest BCUT2D eigenvalue weighted by Crippen LogP contribution is -2.08. The van der Waals surface area contributed by atoms with E-state index in [9.17, 15) is 9.90 Å². The Hall–Kier alpha value is -2.40. The predicted molar refractivity (Wildman–Crippen MR) is 79.9 cm³/mol. The zero-order chi connectivity index (χ0) is 15.1. The number of benzene rings is 1. The number of carbonyl (C=O) groups is 1. The second-order valence-corrected chi connectivity index (χ2v) is 5.16. The molecule has 0 atom stereocenters. The van der Waals surface area contributed by atoms with Crippen LogP contribution in [0.25, 0.3) is 16.9 Å². The van der Waals surface area contributed by atoms with Crippen LogP contribution in [0.5, 0.6) is 0 Å². The first-order chi connectivity index (χ1) is 9.99. The Kier molecular flexibility index (Phi) is 3.14. The van der Waals surface area contributed by atoms with Gasteiger partial charge >= 0.3 is 5.97 Å². The summed E-state index contributed by atoms with van der Waals surface area (Å²) < 4.78 is 1.35. The van der Waals surface area contributed by atoms with E-state index in [-0.39, 0.29) is 5.69 Å². The van der Waals surface area contributed by atoms with Gasteiger partial charge in [0.25, 0.3) is 0 Å². The number of hydrogen-bond donors (Lipinski definition) is 1. The summed E-state index contributed by atoms with van der Waals surface area (Å²) in [6, 6.07) is 8.70. The van der Waals surface area contributed by atoms with Crippen LogP contribution < -0.4 is 0 Å². The lowest BCUT2D eigenvalue weighted by molar-refractivity contribution is 0.0687. The van der Waals surface area contributed by atoms with Gasteiger partial charge in [0.05, 0.1) is 11.4 Å². The topological polar surface area (TPSA) is 67.5 Å². The molecular formula is C15H12ClN3O2. The van der Waals surface area contributed by atoms with Gasteiger partial charge in [0.15, 0.2) is 11.3 Å². The summed E-state index contributed by atoms with van der Waals surface area (Å²) in [5.74, 6) is -1.06. The molecule has 0 amide bonds. The minimum atomic E-state index is -1.06. The number of fused-ring (bicyclic) bond motifs is 1. The van der Waals surface area contributed by atoms with E-state index >= 15 is 0 Å². The summed E-state index contributed by atoms with van der Waals surface area (Å²) in [5, 5.41) is 14.2. The molecule has 0 aliphatic carbocycles. The molecule has 0 saturated heterocycles. The van der Waals surface area contributed by atoms with Crippen molar-refractivity contribution in [3.05, 3.63) is 52.3 Å². The minimum Gasteiger partial charge on any atom is -0.477 e. The van der Waals surface area contributed by atoms with Gasteiger partial charge in [0.1, 0.15) is 0 Å². The van der Waals surface area contributed by atoms with E-state index in [1.54, 1.807) is 6.07 Å². The molecule has 5 nitrogen and oxygen atoms in total. The average Bonchev–Trinajstić information content (AvgIpc) is 2.74. The second kappa shape index (κ2) is 4.86. The van der Waals surface area contributed by atoms with Crippen molar-refractivity contribution in [1.29, 1.82) is 0 Å². The highest BCUT2D eigenvalue weighted by molar-refractivity contribution is 6.33. The largest absolute Gasteiger partial charge is 0.477 e. The molecule has 1 N–H and O–H groups in total. The molecule has 0 saturated carbocycles. The van der Waals surface area contributed by atoms with Crippen molar-refractivity contribution < 1.29 is 9.90 Å². The van der Waals surface area contributed by atoms with Crippen molar-refractivity contribution in [3.63, 3.8) is 0 Å². The molecule has 6 heteroatoms. The van der Waals surface area contributed by atoms with E-state index in [2.05, 4.69) is 10.1 Å². The Bertz CT molecular complexity index is 871. The van der Waals surface area contributed by atoms with E-state index in [0.717, 1.165) is 11.3 Å². The van der Waals surface area contributed by atoms with Gasteiger partial charge in [-0.25, -0.2) is 14.3 Å². The number of nitrogens with zero attached hydrogens (tertiary/aromatic N) is 3. The zero-order valence-electron chi connectivity index (χ0n) is 11.5.